The van der Waals surface area contributed by atoms with Crippen molar-refractivity contribution in [2.75, 3.05) is 24.5 Å². The van der Waals surface area contributed by atoms with E-state index in [1.165, 1.54) is 23.0 Å². The Hall–Kier alpha value is -4.62. The molecule has 10 heteroatoms. The van der Waals surface area contributed by atoms with Gasteiger partial charge < -0.3 is 14.6 Å². The largest absolute Gasteiger partial charge is 0.464 e. The lowest BCUT2D eigenvalue weighted by molar-refractivity contribution is 0.497. The van der Waals surface area contributed by atoms with Gasteiger partial charge in [0.2, 0.25) is 0 Å². The van der Waals surface area contributed by atoms with Gasteiger partial charge in [-0.3, -0.25) is 0 Å². The van der Waals surface area contributed by atoms with Gasteiger partial charge in [0.05, 0.1) is 28.5 Å². The summed E-state index contributed by atoms with van der Waals surface area (Å²) in [4.78, 5) is 24.9. The van der Waals surface area contributed by atoms with Crippen molar-refractivity contribution in [3.05, 3.63) is 82.0 Å². The number of anilines is 1. The van der Waals surface area contributed by atoms with Crippen LogP contribution in [0.3, 0.4) is 0 Å². The molecule has 6 rings (SSSR count). The van der Waals surface area contributed by atoms with Gasteiger partial charge in [0, 0.05) is 31.1 Å². The minimum atomic E-state index is -0.788. The lowest BCUT2D eigenvalue weighted by Crippen LogP contribution is -2.50. The summed E-state index contributed by atoms with van der Waals surface area (Å²) in [5.74, 6) is -1.27. The van der Waals surface area contributed by atoms with Crippen molar-refractivity contribution in [2.45, 2.75) is 32.7 Å². The molecule has 202 valence electrons. The zero-order valence-electron chi connectivity index (χ0n) is 22.2. The molecule has 5 aromatic rings. The third-order valence-corrected chi connectivity index (χ3v) is 7.42. The first-order chi connectivity index (χ1) is 19.3. The Bertz CT molecular complexity index is 1890. The number of halogens is 2. The molecule has 3 aromatic heterocycles. The van der Waals surface area contributed by atoms with Crippen LogP contribution in [0.5, 0.6) is 0 Å². The molecule has 4 heterocycles. The van der Waals surface area contributed by atoms with Crippen molar-refractivity contribution in [3.63, 3.8) is 0 Å². The van der Waals surface area contributed by atoms with Crippen molar-refractivity contribution in [2.24, 2.45) is 0 Å². The second kappa shape index (κ2) is 9.84. The van der Waals surface area contributed by atoms with E-state index in [4.69, 9.17) is 4.42 Å². The zero-order chi connectivity index (χ0) is 28.1. The number of nitrogens with zero attached hydrogens (tertiary/aromatic N) is 5. The quantitative estimate of drug-likeness (QED) is 0.332. The molecule has 2 aromatic carbocycles. The summed E-state index contributed by atoms with van der Waals surface area (Å²) in [6, 6.07) is 13.0. The number of benzene rings is 2. The third-order valence-electron chi connectivity index (χ3n) is 7.42. The number of pyridine rings is 1. The molecule has 1 aliphatic rings. The van der Waals surface area contributed by atoms with E-state index in [0.717, 1.165) is 5.56 Å². The van der Waals surface area contributed by atoms with Crippen LogP contribution in [-0.4, -0.2) is 40.2 Å². The Balaban J connectivity index is 1.76. The summed E-state index contributed by atoms with van der Waals surface area (Å²) in [6.07, 6.45) is 1.40. The van der Waals surface area contributed by atoms with Crippen LogP contribution in [0.2, 0.25) is 0 Å². The van der Waals surface area contributed by atoms with Gasteiger partial charge in [0.1, 0.15) is 29.0 Å². The fourth-order valence-corrected chi connectivity index (χ4v) is 5.45. The standard InChI is InChI=1S/C30H26F2N6O2/c1-16(2)20-6-4-5-19(14-33)26(20)38-29-21(28(36-30(38)39)37-11-10-34-15-17(37)3)13-23(32)25(35-29)24-22(31)8-7-18-9-12-40-27(18)24/h4-9,12-13,16-17,34H,10-11,15H2,1-3H3/t17-/m0/s1. The van der Waals surface area contributed by atoms with Crippen molar-refractivity contribution < 1.29 is 13.2 Å². The summed E-state index contributed by atoms with van der Waals surface area (Å²) >= 11 is 0. The van der Waals surface area contributed by atoms with Crippen LogP contribution in [0.25, 0.3) is 38.9 Å². The van der Waals surface area contributed by atoms with Crippen LogP contribution < -0.4 is 15.9 Å². The fraction of sp³-hybridized carbons (Fsp3) is 0.267. The average Bonchev–Trinajstić information content (AvgIpc) is 3.42. The van der Waals surface area contributed by atoms with Gasteiger partial charge in [-0.25, -0.2) is 23.1 Å². The highest BCUT2D eigenvalue weighted by atomic mass is 19.1. The molecule has 0 aliphatic carbocycles. The monoisotopic (exact) mass is 540 g/mol. The molecule has 40 heavy (non-hydrogen) atoms. The van der Waals surface area contributed by atoms with Crippen LogP contribution in [0, 0.1) is 23.0 Å². The number of fused-ring (bicyclic) bond motifs is 2. The number of nitrogens with one attached hydrogen (secondary N) is 1. The minimum absolute atomic E-state index is 0.0330. The number of furan rings is 1. The lowest BCUT2D eigenvalue weighted by Gasteiger charge is -2.35. The van der Waals surface area contributed by atoms with E-state index in [2.05, 4.69) is 21.4 Å². The van der Waals surface area contributed by atoms with E-state index in [-0.39, 0.29) is 45.4 Å². The highest BCUT2D eigenvalue weighted by Crippen LogP contribution is 2.37. The van der Waals surface area contributed by atoms with Gasteiger partial charge >= 0.3 is 5.69 Å². The topological polar surface area (TPSA) is 100.0 Å². The summed E-state index contributed by atoms with van der Waals surface area (Å²) in [5.41, 5.74) is 0.391. The van der Waals surface area contributed by atoms with Crippen molar-refractivity contribution in [1.29, 1.82) is 5.26 Å². The number of para-hydroxylation sites is 1. The molecule has 1 aliphatic heterocycles. The van der Waals surface area contributed by atoms with Crippen molar-refractivity contribution >= 4 is 27.8 Å². The summed E-state index contributed by atoms with van der Waals surface area (Å²) in [6.45, 7) is 7.73. The number of hydrogen-bond donors (Lipinski definition) is 1. The van der Waals surface area contributed by atoms with Crippen LogP contribution >= 0.6 is 0 Å². The number of hydrogen-bond acceptors (Lipinski definition) is 7. The van der Waals surface area contributed by atoms with E-state index in [9.17, 15) is 10.1 Å². The van der Waals surface area contributed by atoms with Crippen molar-refractivity contribution in [3.8, 4) is 23.0 Å². The predicted molar refractivity (Wildman–Crippen MR) is 149 cm³/mol. The molecule has 0 spiro atoms. The summed E-state index contributed by atoms with van der Waals surface area (Å²) < 4.78 is 38.0. The number of aromatic nitrogens is 3. The molecule has 1 atom stereocenters. The van der Waals surface area contributed by atoms with E-state index < -0.39 is 17.3 Å². The van der Waals surface area contributed by atoms with E-state index in [0.29, 0.717) is 36.5 Å². The fourth-order valence-electron chi connectivity index (χ4n) is 5.45. The second-order valence-electron chi connectivity index (χ2n) is 10.3. The highest BCUT2D eigenvalue weighted by Gasteiger charge is 2.28. The maximum absolute atomic E-state index is 16.0. The van der Waals surface area contributed by atoms with Crippen LogP contribution in [0.1, 0.15) is 37.8 Å². The molecule has 0 radical (unpaired) electrons. The van der Waals surface area contributed by atoms with Gasteiger partial charge in [0.15, 0.2) is 11.5 Å². The average molecular weight is 541 g/mol. The van der Waals surface area contributed by atoms with Crippen LogP contribution in [0.4, 0.5) is 14.6 Å². The van der Waals surface area contributed by atoms with Gasteiger partial charge in [-0.2, -0.15) is 10.2 Å². The Morgan fingerprint density at radius 3 is 2.73 bits per heavy atom. The molecule has 0 unspecified atom stereocenters. The smallest absolute Gasteiger partial charge is 0.355 e. The Labute approximate surface area is 228 Å². The molecule has 0 amide bonds. The zero-order valence-corrected chi connectivity index (χ0v) is 22.2. The van der Waals surface area contributed by atoms with Gasteiger partial charge in [-0.1, -0.05) is 26.0 Å². The maximum Gasteiger partial charge on any atom is 0.355 e. The first kappa shape index (κ1) is 25.6. The molecular formula is C30H26F2N6O2. The molecule has 1 N–H and O–H groups in total. The molecule has 0 bridgehead atoms. The normalized spacial score (nSPS) is 15.7. The second-order valence-corrected chi connectivity index (χ2v) is 10.3. The van der Waals surface area contributed by atoms with E-state index >= 15 is 8.78 Å². The molecule has 1 fully saturated rings. The first-order valence-electron chi connectivity index (χ1n) is 13.1. The Morgan fingerprint density at radius 2 is 1.98 bits per heavy atom. The lowest BCUT2D eigenvalue weighted by atomic mass is 9.97. The highest BCUT2D eigenvalue weighted by molar-refractivity contribution is 5.95. The van der Waals surface area contributed by atoms with Gasteiger partial charge in [0.25, 0.3) is 0 Å². The predicted octanol–water partition coefficient (Wildman–Crippen LogP) is 5.27. The minimum Gasteiger partial charge on any atom is -0.464 e. The van der Waals surface area contributed by atoms with Gasteiger partial charge in [-0.15, -0.1) is 0 Å². The molecular weight excluding hydrogens is 514 g/mol. The Morgan fingerprint density at radius 1 is 1.15 bits per heavy atom. The Kier molecular flexibility index (Phi) is 6.31. The van der Waals surface area contributed by atoms with E-state index in [1.54, 1.807) is 24.3 Å². The number of nitriles is 1. The van der Waals surface area contributed by atoms with Crippen LogP contribution in [0.15, 0.2) is 57.9 Å². The summed E-state index contributed by atoms with van der Waals surface area (Å²) in [7, 11) is 0. The molecule has 1 saturated heterocycles. The maximum atomic E-state index is 16.0. The first-order valence-corrected chi connectivity index (χ1v) is 13.1. The summed E-state index contributed by atoms with van der Waals surface area (Å²) in [5, 5.41) is 14.2. The van der Waals surface area contributed by atoms with Crippen molar-refractivity contribution in [1.82, 2.24) is 19.9 Å². The number of piperazine rings is 1. The third kappa shape index (κ3) is 4.01. The molecule has 8 nitrogen and oxygen atoms in total. The SMILES string of the molecule is CC(C)c1cccc(C#N)c1-n1c(=O)nc(N2CCNC[C@@H]2C)c2cc(F)c(-c3c(F)ccc4ccoc34)nc21. The van der Waals surface area contributed by atoms with Crippen LogP contribution in [-0.2, 0) is 0 Å². The molecule has 0 saturated carbocycles. The van der Waals surface area contributed by atoms with E-state index in [1.807, 2.05) is 31.7 Å². The van der Waals surface area contributed by atoms with Gasteiger partial charge in [-0.05, 0) is 48.7 Å². The number of rotatable bonds is 4.